The van der Waals surface area contributed by atoms with E-state index in [0.29, 0.717) is 6.54 Å². The molecule has 0 fully saturated rings. The van der Waals surface area contributed by atoms with E-state index in [1.54, 1.807) is 0 Å². The Kier molecular flexibility index (Phi) is 2.78. The number of fused-ring (bicyclic) bond motifs is 1. The van der Waals surface area contributed by atoms with Gasteiger partial charge in [0.15, 0.2) is 4.77 Å². The van der Waals surface area contributed by atoms with Crippen molar-refractivity contribution in [1.29, 1.82) is 0 Å². The zero-order chi connectivity index (χ0) is 13.6. The summed E-state index contributed by atoms with van der Waals surface area (Å²) in [4.78, 5) is 3.27. The van der Waals surface area contributed by atoms with Crippen molar-refractivity contribution in [1.82, 2.24) is 14.7 Å². The molecule has 0 radical (unpaired) electrons. The van der Waals surface area contributed by atoms with Crippen LogP contribution in [0.25, 0.3) is 11.0 Å². The lowest BCUT2D eigenvalue weighted by molar-refractivity contribution is 0.392. The number of imidazole rings is 1. The van der Waals surface area contributed by atoms with Crippen LogP contribution in [0.1, 0.15) is 22.6 Å². The Labute approximate surface area is 116 Å². The van der Waals surface area contributed by atoms with Gasteiger partial charge in [-0.15, -0.1) is 0 Å². The second-order valence-corrected chi connectivity index (χ2v) is 5.17. The van der Waals surface area contributed by atoms with E-state index in [9.17, 15) is 0 Å². The van der Waals surface area contributed by atoms with Gasteiger partial charge in [0.25, 0.3) is 0 Å². The third kappa shape index (κ3) is 1.90. The second kappa shape index (κ2) is 4.35. The van der Waals surface area contributed by atoms with Gasteiger partial charge in [0.1, 0.15) is 5.76 Å². The highest BCUT2D eigenvalue weighted by atomic mass is 32.1. The summed E-state index contributed by atoms with van der Waals surface area (Å²) in [5, 5.41) is 3.99. The van der Waals surface area contributed by atoms with Crippen LogP contribution in [0.5, 0.6) is 0 Å². The number of para-hydroxylation sites is 1. The zero-order valence-corrected chi connectivity index (χ0v) is 12.0. The number of H-pyrrole nitrogens is 1. The summed E-state index contributed by atoms with van der Waals surface area (Å²) in [6, 6.07) is 6.20. The first-order chi connectivity index (χ1) is 9.08. The number of aryl methyl sites for hydroxylation is 3. The minimum absolute atomic E-state index is 0.684. The summed E-state index contributed by atoms with van der Waals surface area (Å²) in [5.41, 5.74) is 5.42. The van der Waals surface area contributed by atoms with Gasteiger partial charge in [0, 0.05) is 5.56 Å². The van der Waals surface area contributed by atoms with E-state index in [4.69, 9.17) is 16.7 Å². The van der Waals surface area contributed by atoms with E-state index in [2.05, 4.69) is 33.8 Å². The fourth-order valence-electron chi connectivity index (χ4n) is 2.37. The summed E-state index contributed by atoms with van der Waals surface area (Å²) in [5.74, 6) is 0.849. The molecular formula is C14H15N3OS. The molecule has 0 atom stereocenters. The number of aromatic amines is 1. The monoisotopic (exact) mass is 273 g/mol. The van der Waals surface area contributed by atoms with Crippen LogP contribution in [0.15, 0.2) is 22.7 Å². The Bertz CT molecular complexity index is 790. The molecular weight excluding hydrogens is 258 g/mol. The van der Waals surface area contributed by atoms with E-state index in [0.717, 1.165) is 32.8 Å². The molecule has 98 valence electrons. The van der Waals surface area contributed by atoms with Crippen LogP contribution >= 0.6 is 12.2 Å². The molecule has 1 N–H and O–H groups in total. The molecule has 0 aliphatic rings. The molecule has 5 heteroatoms. The van der Waals surface area contributed by atoms with Crippen molar-refractivity contribution in [3.8, 4) is 0 Å². The number of rotatable bonds is 2. The van der Waals surface area contributed by atoms with Crippen molar-refractivity contribution in [2.45, 2.75) is 27.3 Å². The molecule has 0 bridgehead atoms. The number of nitrogens with zero attached hydrogens (tertiary/aromatic N) is 2. The van der Waals surface area contributed by atoms with Gasteiger partial charge in [0.05, 0.1) is 23.3 Å². The number of hydrogen-bond donors (Lipinski definition) is 1. The number of hydrogen-bond acceptors (Lipinski definition) is 3. The highest BCUT2D eigenvalue weighted by Gasteiger charge is 2.12. The Morgan fingerprint density at radius 1 is 1.32 bits per heavy atom. The second-order valence-electron chi connectivity index (χ2n) is 4.79. The predicted molar refractivity (Wildman–Crippen MR) is 76.9 cm³/mol. The maximum Gasteiger partial charge on any atom is 0.178 e. The van der Waals surface area contributed by atoms with Crippen LogP contribution in [0.4, 0.5) is 0 Å². The molecule has 2 heterocycles. The Morgan fingerprint density at radius 2 is 2.11 bits per heavy atom. The third-order valence-electron chi connectivity index (χ3n) is 3.52. The highest BCUT2D eigenvalue weighted by molar-refractivity contribution is 7.71. The van der Waals surface area contributed by atoms with Crippen molar-refractivity contribution < 1.29 is 4.52 Å². The van der Waals surface area contributed by atoms with Crippen LogP contribution in [0.2, 0.25) is 0 Å². The average Bonchev–Trinajstić information content (AvgIpc) is 2.86. The summed E-state index contributed by atoms with van der Waals surface area (Å²) >= 11 is 5.43. The number of aromatic nitrogens is 3. The first-order valence-corrected chi connectivity index (χ1v) is 6.58. The lowest BCUT2D eigenvalue weighted by Gasteiger charge is -2.04. The average molecular weight is 273 g/mol. The fourth-order valence-corrected chi connectivity index (χ4v) is 2.63. The summed E-state index contributed by atoms with van der Waals surface area (Å²) in [6.07, 6.45) is 0. The van der Waals surface area contributed by atoms with E-state index in [-0.39, 0.29) is 0 Å². The van der Waals surface area contributed by atoms with E-state index >= 15 is 0 Å². The highest BCUT2D eigenvalue weighted by Crippen LogP contribution is 2.21. The first kappa shape index (κ1) is 12.2. The standard InChI is InChI=1S/C14H15N3OS/c1-8-5-4-6-12-13(8)15-14(19)17(12)7-11-9(2)16-18-10(11)3/h4-6H,7H2,1-3H3,(H,15,19). The lowest BCUT2D eigenvalue weighted by Crippen LogP contribution is -2.01. The molecule has 19 heavy (non-hydrogen) atoms. The predicted octanol–water partition coefficient (Wildman–Crippen LogP) is 3.66. The lowest BCUT2D eigenvalue weighted by atomic mass is 10.2. The molecule has 0 aliphatic carbocycles. The summed E-state index contributed by atoms with van der Waals surface area (Å²) < 4.78 is 8.03. The smallest absolute Gasteiger partial charge is 0.178 e. The largest absolute Gasteiger partial charge is 0.361 e. The van der Waals surface area contributed by atoms with Gasteiger partial charge in [-0.3, -0.25) is 0 Å². The summed E-state index contributed by atoms with van der Waals surface area (Å²) in [7, 11) is 0. The van der Waals surface area contributed by atoms with Gasteiger partial charge in [0.2, 0.25) is 0 Å². The summed E-state index contributed by atoms with van der Waals surface area (Å²) in [6.45, 7) is 6.64. The quantitative estimate of drug-likeness (QED) is 0.725. The normalized spacial score (nSPS) is 11.3. The molecule has 0 amide bonds. The zero-order valence-electron chi connectivity index (χ0n) is 11.2. The topological polar surface area (TPSA) is 46.8 Å². The molecule has 0 saturated carbocycles. The molecule has 1 aromatic carbocycles. The molecule has 4 nitrogen and oxygen atoms in total. The van der Waals surface area contributed by atoms with Crippen molar-refractivity contribution in [2.75, 3.05) is 0 Å². The molecule has 0 aliphatic heterocycles. The van der Waals surface area contributed by atoms with Crippen LogP contribution in [-0.2, 0) is 6.54 Å². The van der Waals surface area contributed by atoms with Gasteiger partial charge >= 0.3 is 0 Å². The first-order valence-electron chi connectivity index (χ1n) is 6.18. The maximum atomic E-state index is 5.43. The SMILES string of the molecule is Cc1noc(C)c1Cn1c(=S)[nH]c2c(C)cccc21. The fraction of sp³-hybridized carbons (Fsp3) is 0.286. The molecule has 0 unspecified atom stereocenters. The van der Waals surface area contributed by atoms with Gasteiger partial charge in [-0.1, -0.05) is 17.3 Å². The molecule has 3 rings (SSSR count). The third-order valence-corrected chi connectivity index (χ3v) is 3.84. The van der Waals surface area contributed by atoms with Gasteiger partial charge in [-0.05, 0) is 44.6 Å². The van der Waals surface area contributed by atoms with Crippen LogP contribution in [-0.4, -0.2) is 14.7 Å². The minimum atomic E-state index is 0.684. The van der Waals surface area contributed by atoms with E-state index in [1.165, 1.54) is 5.56 Å². The number of benzene rings is 1. The molecule has 2 aromatic heterocycles. The van der Waals surface area contributed by atoms with Crippen LogP contribution < -0.4 is 0 Å². The van der Waals surface area contributed by atoms with Crippen LogP contribution in [0.3, 0.4) is 0 Å². The Balaban J connectivity index is 2.19. The van der Waals surface area contributed by atoms with Crippen molar-refractivity contribution in [3.05, 3.63) is 45.6 Å². The number of nitrogens with one attached hydrogen (secondary N) is 1. The van der Waals surface area contributed by atoms with Crippen LogP contribution in [0, 0.1) is 25.5 Å². The maximum absolute atomic E-state index is 5.43. The van der Waals surface area contributed by atoms with E-state index in [1.807, 2.05) is 19.9 Å². The van der Waals surface area contributed by atoms with Gasteiger partial charge < -0.3 is 14.1 Å². The minimum Gasteiger partial charge on any atom is -0.361 e. The van der Waals surface area contributed by atoms with Crippen molar-refractivity contribution in [3.63, 3.8) is 0 Å². The molecule has 3 aromatic rings. The van der Waals surface area contributed by atoms with Crippen molar-refractivity contribution in [2.24, 2.45) is 0 Å². The van der Waals surface area contributed by atoms with Gasteiger partial charge in [-0.2, -0.15) is 0 Å². The van der Waals surface area contributed by atoms with Crippen molar-refractivity contribution >= 4 is 23.3 Å². The van der Waals surface area contributed by atoms with E-state index < -0.39 is 0 Å². The van der Waals surface area contributed by atoms with Gasteiger partial charge in [-0.25, -0.2) is 0 Å². The Morgan fingerprint density at radius 3 is 2.79 bits per heavy atom. The molecule has 0 saturated heterocycles. The Hall–Kier alpha value is -1.88. The molecule has 0 spiro atoms.